The van der Waals surface area contributed by atoms with Gasteiger partial charge in [0.15, 0.2) is 0 Å². The van der Waals surface area contributed by atoms with E-state index in [1.54, 1.807) is 0 Å². The van der Waals surface area contributed by atoms with Gasteiger partial charge in [0.25, 0.3) is 0 Å². The molecule has 0 aliphatic rings. The summed E-state index contributed by atoms with van der Waals surface area (Å²) in [6.45, 7) is 4.88. The maximum Gasteiger partial charge on any atom is 0.0795 e. The first kappa shape index (κ1) is 7.80. The third kappa shape index (κ3) is 1.58. The van der Waals surface area contributed by atoms with Crippen LogP contribution in [0.3, 0.4) is 0 Å². The second-order valence-corrected chi connectivity index (χ2v) is 2.45. The van der Waals surface area contributed by atoms with Gasteiger partial charge in [-0.05, 0) is 19.4 Å². The van der Waals surface area contributed by atoms with Crippen LogP contribution in [0, 0.1) is 18.3 Å². The molecule has 0 spiro atoms. The molecular formula is C8H11N3. The summed E-state index contributed by atoms with van der Waals surface area (Å²) in [5, 5.41) is 12.6. The molecule has 0 aromatic carbocycles. The SMILES string of the molecule is CCn1cc(C)c(CC#N)n1. The lowest BCUT2D eigenvalue weighted by Gasteiger charge is -1.90. The molecule has 1 aromatic heterocycles. The van der Waals surface area contributed by atoms with Gasteiger partial charge in [0.1, 0.15) is 0 Å². The fraction of sp³-hybridized carbons (Fsp3) is 0.500. The third-order valence-electron chi connectivity index (χ3n) is 1.62. The normalized spacial score (nSPS) is 9.55. The van der Waals surface area contributed by atoms with E-state index in [1.807, 2.05) is 24.7 Å². The van der Waals surface area contributed by atoms with Crippen LogP contribution in [-0.2, 0) is 13.0 Å². The third-order valence-corrected chi connectivity index (χ3v) is 1.62. The van der Waals surface area contributed by atoms with Crippen molar-refractivity contribution in [2.45, 2.75) is 26.8 Å². The Labute approximate surface area is 66.3 Å². The number of rotatable bonds is 2. The first-order chi connectivity index (χ1) is 5.27. The Kier molecular flexibility index (Phi) is 2.27. The Morgan fingerprint density at radius 3 is 2.91 bits per heavy atom. The average molecular weight is 149 g/mol. The predicted molar refractivity (Wildman–Crippen MR) is 42.0 cm³/mol. The zero-order chi connectivity index (χ0) is 8.27. The first-order valence-electron chi connectivity index (χ1n) is 3.67. The van der Waals surface area contributed by atoms with Crippen molar-refractivity contribution < 1.29 is 0 Å². The van der Waals surface area contributed by atoms with Crippen molar-refractivity contribution in [2.75, 3.05) is 0 Å². The molecule has 1 rings (SSSR count). The van der Waals surface area contributed by atoms with E-state index < -0.39 is 0 Å². The molecule has 11 heavy (non-hydrogen) atoms. The van der Waals surface area contributed by atoms with Crippen molar-refractivity contribution in [3.63, 3.8) is 0 Å². The molecule has 1 aromatic rings. The molecule has 58 valence electrons. The molecule has 1 heterocycles. The fourth-order valence-electron chi connectivity index (χ4n) is 0.972. The number of nitrogens with zero attached hydrogens (tertiary/aromatic N) is 3. The van der Waals surface area contributed by atoms with E-state index in [2.05, 4.69) is 11.2 Å². The van der Waals surface area contributed by atoms with Gasteiger partial charge in [-0.2, -0.15) is 10.4 Å². The second-order valence-electron chi connectivity index (χ2n) is 2.45. The van der Waals surface area contributed by atoms with Gasteiger partial charge in [0, 0.05) is 12.7 Å². The van der Waals surface area contributed by atoms with Crippen molar-refractivity contribution >= 4 is 0 Å². The lowest BCUT2D eigenvalue weighted by Crippen LogP contribution is -1.94. The molecule has 0 aliphatic carbocycles. The van der Waals surface area contributed by atoms with Crippen molar-refractivity contribution in [1.82, 2.24) is 9.78 Å². The van der Waals surface area contributed by atoms with Crippen LogP contribution in [0.4, 0.5) is 0 Å². The summed E-state index contributed by atoms with van der Waals surface area (Å²) in [5.41, 5.74) is 2.00. The Bertz CT molecular complexity index is 280. The molecule has 0 bridgehead atoms. The topological polar surface area (TPSA) is 41.6 Å². The molecule has 0 radical (unpaired) electrons. The standard InChI is InChI=1S/C8H11N3/c1-3-11-6-7(2)8(10-11)4-5-9/h6H,3-4H2,1-2H3. The van der Waals surface area contributed by atoms with E-state index in [9.17, 15) is 0 Å². The van der Waals surface area contributed by atoms with Gasteiger partial charge in [-0.1, -0.05) is 0 Å². The van der Waals surface area contributed by atoms with Crippen molar-refractivity contribution in [1.29, 1.82) is 5.26 Å². The Hall–Kier alpha value is -1.30. The van der Waals surface area contributed by atoms with Gasteiger partial charge in [-0.3, -0.25) is 4.68 Å². The summed E-state index contributed by atoms with van der Waals surface area (Å²) >= 11 is 0. The molecule has 0 aliphatic heterocycles. The molecule has 0 atom stereocenters. The highest BCUT2D eigenvalue weighted by Gasteiger charge is 2.01. The lowest BCUT2D eigenvalue weighted by molar-refractivity contribution is 0.651. The van der Waals surface area contributed by atoms with E-state index in [0.29, 0.717) is 6.42 Å². The van der Waals surface area contributed by atoms with Gasteiger partial charge in [-0.25, -0.2) is 0 Å². The highest BCUT2D eigenvalue weighted by atomic mass is 15.3. The molecule has 0 fully saturated rings. The summed E-state index contributed by atoms with van der Waals surface area (Å²) in [4.78, 5) is 0. The van der Waals surface area contributed by atoms with Crippen molar-refractivity contribution in [2.24, 2.45) is 0 Å². The molecular weight excluding hydrogens is 138 g/mol. The Morgan fingerprint density at radius 2 is 2.45 bits per heavy atom. The van der Waals surface area contributed by atoms with Gasteiger partial charge >= 0.3 is 0 Å². The van der Waals surface area contributed by atoms with E-state index in [4.69, 9.17) is 5.26 Å². The number of hydrogen-bond acceptors (Lipinski definition) is 2. The van der Waals surface area contributed by atoms with Crippen LogP contribution in [0.5, 0.6) is 0 Å². The van der Waals surface area contributed by atoms with Gasteiger partial charge in [0.2, 0.25) is 0 Å². The van der Waals surface area contributed by atoms with Crippen LogP contribution in [0.15, 0.2) is 6.20 Å². The second kappa shape index (κ2) is 3.20. The summed E-state index contributed by atoms with van der Waals surface area (Å²) in [6, 6.07) is 2.09. The highest BCUT2D eigenvalue weighted by molar-refractivity contribution is 5.17. The van der Waals surface area contributed by atoms with E-state index in [1.165, 1.54) is 0 Å². The quantitative estimate of drug-likeness (QED) is 0.635. The maximum absolute atomic E-state index is 8.43. The zero-order valence-electron chi connectivity index (χ0n) is 6.83. The first-order valence-corrected chi connectivity index (χ1v) is 3.67. The van der Waals surface area contributed by atoms with Crippen LogP contribution < -0.4 is 0 Å². The highest BCUT2D eigenvalue weighted by Crippen LogP contribution is 2.04. The largest absolute Gasteiger partial charge is 0.272 e. The smallest absolute Gasteiger partial charge is 0.0795 e. The van der Waals surface area contributed by atoms with E-state index in [0.717, 1.165) is 17.8 Å². The minimum atomic E-state index is 0.416. The summed E-state index contributed by atoms with van der Waals surface area (Å²) in [6.07, 6.45) is 2.38. The average Bonchev–Trinajstić information content (AvgIpc) is 2.33. The molecule has 0 amide bonds. The number of hydrogen-bond donors (Lipinski definition) is 0. The maximum atomic E-state index is 8.43. The van der Waals surface area contributed by atoms with Crippen LogP contribution >= 0.6 is 0 Å². The minimum absolute atomic E-state index is 0.416. The number of nitriles is 1. The van der Waals surface area contributed by atoms with E-state index in [-0.39, 0.29) is 0 Å². The fourth-order valence-corrected chi connectivity index (χ4v) is 0.972. The van der Waals surface area contributed by atoms with Crippen LogP contribution in [-0.4, -0.2) is 9.78 Å². The molecule has 0 saturated carbocycles. The minimum Gasteiger partial charge on any atom is -0.272 e. The molecule has 3 nitrogen and oxygen atoms in total. The van der Waals surface area contributed by atoms with Gasteiger partial charge < -0.3 is 0 Å². The predicted octanol–water partition coefficient (Wildman–Crippen LogP) is 1.28. The molecule has 0 unspecified atom stereocenters. The van der Waals surface area contributed by atoms with Crippen molar-refractivity contribution in [3.8, 4) is 6.07 Å². The van der Waals surface area contributed by atoms with Gasteiger partial charge in [0.05, 0.1) is 18.2 Å². The van der Waals surface area contributed by atoms with E-state index >= 15 is 0 Å². The summed E-state index contributed by atoms with van der Waals surface area (Å²) < 4.78 is 1.85. The Morgan fingerprint density at radius 1 is 1.73 bits per heavy atom. The monoisotopic (exact) mass is 149 g/mol. The lowest BCUT2D eigenvalue weighted by atomic mass is 10.2. The van der Waals surface area contributed by atoms with Crippen LogP contribution in [0.25, 0.3) is 0 Å². The number of aryl methyl sites for hydroxylation is 2. The van der Waals surface area contributed by atoms with Crippen molar-refractivity contribution in [3.05, 3.63) is 17.5 Å². The van der Waals surface area contributed by atoms with Crippen LogP contribution in [0.1, 0.15) is 18.2 Å². The molecule has 0 saturated heterocycles. The zero-order valence-corrected chi connectivity index (χ0v) is 6.83. The Balaban J connectivity index is 2.90. The summed E-state index contributed by atoms with van der Waals surface area (Å²) in [5.74, 6) is 0. The molecule has 0 N–H and O–H groups in total. The number of aromatic nitrogens is 2. The summed E-state index contributed by atoms with van der Waals surface area (Å²) in [7, 11) is 0. The van der Waals surface area contributed by atoms with Gasteiger partial charge in [-0.15, -0.1) is 0 Å². The van der Waals surface area contributed by atoms with Crippen LogP contribution in [0.2, 0.25) is 0 Å². The molecule has 3 heteroatoms.